The van der Waals surface area contributed by atoms with Crippen LogP contribution in [0.25, 0.3) is 6.08 Å². The van der Waals surface area contributed by atoms with Gasteiger partial charge in [-0.3, -0.25) is 10.2 Å². The summed E-state index contributed by atoms with van der Waals surface area (Å²) in [5.74, 6) is 0.119. The van der Waals surface area contributed by atoms with Crippen molar-refractivity contribution in [1.29, 1.82) is 5.41 Å². The van der Waals surface area contributed by atoms with E-state index in [2.05, 4.69) is 15.0 Å². The Bertz CT molecular complexity index is 728. The monoisotopic (exact) mass is 315 g/mol. The average Bonchev–Trinajstić information content (AvgIpc) is 3.23. The van der Waals surface area contributed by atoms with Gasteiger partial charge in [0, 0.05) is 13.1 Å². The van der Waals surface area contributed by atoms with Crippen LogP contribution in [-0.4, -0.2) is 45.1 Å². The van der Waals surface area contributed by atoms with Crippen molar-refractivity contribution in [3.8, 4) is 0 Å². The number of amides is 1. The molecule has 0 aliphatic carbocycles. The third-order valence-corrected chi connectivity index (χ3v) is 4.62. The maximum absolute atomic E-state index is 12.2. The summed E-state index contributed by atoms with van der Waals surface area (Å²) in [6.07, 6.45) is 5.34. The molecule has 4 heterocycles. The van der Waals surface area contributed by atoms with Crippen LogP contribution < -0.4 is 0 Å². The molecule has 1 aromatic rings. The number of aliphatic imine (C=N–C) groups is 1. The number of carbonyl (C=O) groups excluding carboxylic acids is 1. The maximum atomic E-state index is 12.2. The highest BCUT2D eigenvalue weighted by Crippen LogP contribution is 2.30. The lowest BCUT2D eigenvalue weighted by atomic mass is 10.1. The van der Waals surface area contributed by atoms with Crippen molar-refractivity contribution in [3.63, 3.8) is 0 Å². The molecule has 3 aliphatic heterocycles. The summed E-state index contributed by atoms with van der Waals surface area (Å²) in [5, 5.41) is 15.4. The molecule has 1 saturated heterocycles. The molecular weight excluding hydrogens is 302 g/mol. The molecule has 1 N–H and O–H groups in total. The Morgan fingerprint density at radius 2 is 2.14 bits per heavy atom. The third kappa shape index (κ3) is 2.16. The summed E-state index contributed by atoms with van der Waals surface area (Å²) >= 11 is 1.35. The van der Waals surface area contributed by atoms with Crippen LogP contribution in [-0.2, 0) is 4.79 Å². The Morgan fingerprint density at radius 1 is 1.32 bits per heavy atom. The molecule has 0 unspecified atom stereocenters. The molecule has 4 rings (SSSR count). The number of hydrogen-bond donors (Lipinski definition) is 1. The minimum atomic E-state index is -0.432. The van der Waals surface area contributed by atoms with Crippen LogP contribution in [0.5, 0.6) is 0 Å². The van der Waals surface area contributed by atoms with Crippen molar-refractivity contribution in [2.24, 2.45) is 10.1 Å². The molecule has 0 spiro atoms. The summed E-state index contributed by atoms with van der Waals surface area (Å²) in [7, 11) is 0. The Morgan fingerprint density at radius 3 is 2.86 bits per heavy atom. The van der Waals surface area contributed by atoms with Gasteiger partial charge >= 0.3 is 0 Å². The summed E-state index contributed by atoms with van der Waals surface area (Å²) < 4.78 is 5.21. The van der Waals surface area contributed by atoms with E-state index in [0.717, 1.165) is 31.1 Å². The fraction of sp³-hybridized carbons (Fsp3) is 0.286. The fourth-order valence-electron chi connectivity index (χ4n) is 2.53. The Balaban J connectivity index is 1.66. The number of amidine groups is 3. The number of furan rings is 1. The zero-order chi connectivity index (χ0) is 15.1. The molecule has 112 valence electrons. The molecule has 7 nitrogen and oxygen atoms in total. The van der Waals surface area contributed by atoms with Gasteiger partial charge in [0.15, 0.2) is 11.0 Å². The number of nitrogens with zero attached hydrogens (tertiary/aromatic N) is 4. The molecule has 0 atom stereocenters. The van der Waals surface area contributed by atoms with E-state index in [1.807, 2.05) is 0 Å². The number of fused-ring (bicyclic) bond motifs is 1. The van der Waals surface area contributed by atoms with Crippen LogP contribution in [0.15, 0.2) is 38.5 Å². The Hall–Kier alpha value is -2.35. The molecule has 22 heavy (non-hydrogen) atoms. The zero-order valence-electron chi connectivity index (χ0n) is 11.7. The van der Waals surface area contributed by atoms with Crippen LogP contribution in [0.2, 0.25) is 0 Å². The predicted molar refractivity (Wildman–Crippen MR) is 84.5 cm³/mol. The summed E-state index contributed by atoms with van der Waals surface area (Å²) in [4.78, 5) is 18.4. The normalized spacial score (nSPS) is 23.2. The number of hydrazone groups is 1. The van der Waals surface area contributed by atoms with E-state index in [-0.39, 0.29) is 11.4 Å². The van der Waals surface area contributed by atoms with Crippen LogP contribution in [0, 0.1) is 5.41 Å². The minimum Gasteiger partial charge on any atom is -0.465 e. The van der Waals surface area contributed by atoms with Crippen molar-refractivity contribution in [1.82, 2.24) is 9.91 Å². The maximum Gasteiger partial charge on any atom is 0.283 e. The van der Waals surface area contributed by atoms with E-state index >= 15 is 0 Å². The van der Waals surface area contributed by atoms with E-state index in [0.29, 0.717) is 10.9 Å². The molecular formula is C14H13N5O2S. The number of carbonyl (C=O) groups is 1. The first-order valence-corrected chi connectivity index (χ1v) is 7.83. The molecule has 0 bridgehead atoms. The van der Waals surface area contributed by atoms with Crippen LogP contribution in [0.1, 0.15) is 18.6 Å². The van der Waals surface area contributed by atoms with E-state index in [9.17, 15) is 4.79 Å². The van der Waals surface area contributed by atoms with E-state index in [1.165, 1.54) is 29.1 Å². The van der Waals surface area contributed by atoms with Gasteiger partial charge in [-0.1, -0.05) is 0 Å². The standard InChI is InChI=1S/C14H13N5O2S/c15-11-10(8-9-4-3-7-21-9)12(20)16-13-19(11)17-14(22-13)18-5-1-2-6-18/h3-4,7-8,15H,1-2,5-6H2/b10-8+,15-11?. The summed E-state index contributed by atoms with van der Waals surface area (Å²) in [5.41, 5.74) is 0.186. The van der Waals surface area contributed by atoms with Gasteiger partial charge in [-0.2, -0.15) is 10.0 Å². The number of nitrogens with one attached hydrogen (secondary N) is 1. The van der Waals surface area contributed by atoms with Gasteiger partial charge in [0.1, 0.15) is 5.76 Å². The van der Waals surface area contributed by atoms with E-state index in [1.54, 1.807) is 12.1 Å². The summed E-state index contributed by atoms with van der Waals surface area (Å²) in [6, 6.07) is 3.46. The topological polar surface area (TPSA) is 85.3 Å². The molecule has 0 radical (unpaired) electrons. The molecule has 1 aromatic heterocycles. The van der Waals surface area contributed by atoms with Crippen molar-refractivity contribution in [3.05, 3.63) is 29.7 Å². The highest BCUT2D eigenvalue weighted by atomic mass is 32.2. The molecule has 3 aliphatic rings. The lowest BCUT2D eigenvalue weighted by molar-refractivity contribution is -0.114. The first kappa shape index (κ1) is 13.3. The van der Waals surface area contributed by atoms with Crippen molar-refractivity contribution < 1.29 is 9.21 Å². The fourth-order valence-corrected chi connectivity index (χ4v) is 3.48. The molecule has 1 fully saturated rings. The molecule has 0 aromatic carbocycles. The lowest BCUT2D eigenvalue weighted by Gasteiger charge is -2.19. The number of likely N-dealkylation sites (tertiary alicyclic amines) is 1. The third-order valence-electron chi connectivity index (χ3n) is 3.65. The number of thioether (sulfide) groups is 1. The largest absolute Gasteiger partial charge is 0.465 e. The van der Waals surface area contributed by atoms with E-state index < -0.39 is 5.91 Å². The van der Waals surface area contributed by atoms with Crippen molar-refractivity contribution >= 4 is 39.9 Å². The van der Waals surface area contributed by atoms with Gasteiger partial charge in [0.05, 0.1) is 11.8 Å². The van der Waals surface area contributed by atoms with Gasteiger partial charge in [-0.15, -0.1) is 5.10 Å². The van der Waals surface area contributed by atoms with Crippen molar-refractivity contribution in [2.45, 2.75) is 12.8 Å². The van der Waals surface area contributed by atoms with Crippen LogP contribution in [0.4, 0.5) is 0 Å². The highest BCUT2D eigenvalue weighted by Gasteiger charge is 2.37. The molecule has 8 heteroatoms. The lowest BCUT2D eigenvalue weighted by Crippen LogP contribution is -2.35. The first-order chi connectivity index (χ1) is 10.7. The van der Waals surface area contributed by atoms with Gasteiger partial charge in [0.25, 0.3) is 5.91 Å². The summed E-state index contributed by atoms with van der Waals surface area (Å²) in [6.45, 7) is 1.92. The number of hydrogen-bond acceptors (Lipinski definition) is 6. The smallest absolute Gasteiger partial charge is 0.283 e. The van der Waals surface area contributed by atoms with Crippen LogP contribution >= 0.6 is 11.8 Å². The van der Waals surface area contributed by atoms with Gasteiger partial charge in [-0.05, 0) is 42.8 Å². The zero-order valence-corrected chi connectivity index (χ0v) is 12.5. The molecule has 1 amide bonds. The van der Waals surface area contributed by atoms with Crippen molar-refractivity contribution in [2.75, 3.05) is 13.1 Å². The highest BCUT2D eigenvalue weighted by molar-refractivity contribution is 8.26. The van der Waals surface area contributed by atoms with E-state index in [4.69, 9.17) is 9.83 Å². The van der Waals surface area contributed by atoms with Gasteiger partial charge in [0.2, 0.25) is 5.17 Å². The predicted octanol–water partition coefficient (Wildman–Crippen LogP) is 1.95. The molecule has 0 saturated carbocycles. The first-order valence-electron chi connectivity index (χ1n) is 7.01. The Labute approximate surface area is 130 Å². The quantitative estimate of drug-likeness (QED) is 0.801. The second kappa shape index (κ2) is 5.13. The van der Waals surface area contributed by atoms with Gasteiger partial charge < -0.3 is 9.32 Å². The Kier molecular flexibility index (Phi) is 3.11. The SMILES string of the molecule is N=C1/C(=C\c2ccco2)C(=O)N=C2SC(N3CCCC3)=NN12. The second-order valence-electron chi connectivity index (χ2n) is 5.11. The average molecular weight is 315 g/mol. The minimum absolute atomic E-state index is 0.0353. The second-order valence-corrected chi connectivity index (χ2v) is 6.05. The van der Waals surface area contributed by atoms with Crippen LogP contribution in [0.3, 0.4) is 0 Å². The number of rotatable bonds is 1. The van der Waals surface area contributed by atoms with Gasteiger partial charge in [-0.25, -0.2) is 0 Å².